The number of nitrogens with one attached hydrogen (secondary N) is 1. The van der Waals surface area contributed by atoms with E-state index in [0.29, 0.717) is 6.61 Å². The van der Waals surface area contributed by atoms with Crippen molar-refractivity contribution in [1.29, 1.82) is 0 Å². The molecule has 0 bridgehead atoms. The van der Waals surface area contributed by atoms with Gasteiger partial charge in [-0.2, -0.15) is 0 Å². The highest BCUT2D eigenvalue weighted by atomic mass is 16.5. The van der Waals surface area contributed by atoms with Gasteiger partial charge in [0.1, 0.15) is 18.2 Å². The lowest BCUT2D eigenvalue weighted by atomic mass is 10.1. The van der Waals surface area contributed by atoms with Gasteiger partial charge in [-0.1, -0.05) is 25.1 Å². The second-order valence-corrected chi connectivity index (χ2v) is 4.58. The van der Waals surface area contributed by atoms with E-state index in [1.165, 1.54) is 5.56 Å². The fraction of sp³-hybridized carbons (Fsp3) is 0.400. The van der Waals surface area contributed by atoms with Crippen LogP contribution in [-0.2, 0) is 13.0 Å². The monoisotopic (exact) mass is 259 g/mol. The number of aryl methyl sites for hydroxylation is 1. The zero-order valence-corrected chi connectivity index (χ0v) is 11.6. The van der Waals surface area contributed by atoms with Gasteiger partial charge in [0.25, 0.3) is 0 Å². The Morgan fingerprint density at radius 2 is 2.16 bits per heavy atom. The molecule has 0 aliphatic rings. The first-order valence-corrected chi connectivity index (χ1v) is 6.67. The molecule has 4 heteroatoms. The van der Waals surface area contributed by atoms with Crippen molar-refractivity contribution in [2.45, 2.75) is 19.9 Å². The van der Waals surface area contributed by atoms with Gasteiger partial charge in [0.2, 0.25) is 0 Å². The van der Waals surface area contributed by atoms with E-state index in [9.17, 15) is 0 Å². The van der Waals surface area contributed by atoms with Gasteiger partial charge < -0.3 is 9.72 Å². The summed E-state index contributed by atoms with van der Waals surface area (Å²) in [5.74, 6) is 1.98. The number of nitrogens with zero attached hydrogens (tertiary/aromatic N) is 2. The Hall–Kier alpha value is -1.81. The van der Waals surface area contributed by atoms with Gasteiger partial charge in [-0.15, -0.1) is 0 Å². The summed E-state index contributed by atoms with van der Waals surface area (Å²) in [5.41, 5.74) is 1.26. The molecule has 0 saturated heterocycles. The quantitative estimate of drug-likeness (QED) is 0.830. The van der Waals surface area contributed by atoms with E-state index in [1.54, 1.807) is 6.20 Å². The molecule has 1 aromatic heterocycles. The molecule has 0 atom stereocenters. The standard InChI is InChI=1S/C15H21N3O/c1-3-13-6-4-5-7-14(13)19-11-10-18(2)12-15-16-8-9-17-15/h4-9H,3,10-12H2,1-2H3,(H,16,17). The summed E-state index contributed by atoms with van der Waals surface area (Å²) in [6.07, 6.45) is 4.62. The van der Waals surface area contributed by atoms with Crippen molar-refractivity contribution in [3.05, 3.63) is 48.0 Å². The van der Waals surface area contributed by atoms with Gasteiger partial charge in [0.15, 0.2) is 0 Å². The second-order valence-electron chi connectivity index (χ2n) is 4.58. The van der Waals surface area contributed by atoms with Crippen LogP contribution in [0.5, 0.6) is 5.75 Å². The maximum absolute atomic E-state index is 5.85. The third-order valence-electron chi connectivity index (χ3n) is 3.06. The zero-order valence-electron chi connectivity index (χ0n) is 11.6. The number of likely N-dealkylation sites (N-methyl/N-ethyl adjacent to an activating group) is 1. The molecule has 0 spiro atoms. The highest BCUT2D eigenvalue weighted by Gasteiger charge is 2.04. The van der Waals surface area contributed by atoms with Crippen molar-refractivity contribution in [2.75, 3.05) is 20.2 Å². The highest BCUT2D eigenvalue weighted by Crippen LogP contribution is 2.18. The van der Waals surface area contributed by atoms with Gasteiger partial charge >= 0.3 is 0 Å². The Balaban J connectivity index is 1.76. The molecule has 1 N–H and O–H groups in total. The van der Waals surface area contributed by atoms with E-state index < -0.39 is 0 Å². The molecule has 19 heavy (non-hydrogen) atoms. The third kappa shape index (κ3) is 4.10. The first-order chi connectivity index (χ1) is 9.29. The van der Waals surface area contributed by atoms with Crippen molar-refractivity contribution in [1.82, 2.24) is 14.9 Å². The number of imidazole rings is 1. The lowest BCUT2D eigenvalue weighted by Gasteiger charge is -2.16. The summed E-state index contributed by atoms with van der Waals surface area (Å²) in [6.45, 7) is 4.52. The molecule has 102 valence electrons. The maximum atomic E-state index is 5.85. The summed E-state index contributed by atoms with van der Waals surface area (Å²) in [7, 11) is 2.07. The van der Waals surface area contributed by atoms with E-state index in [4.69, 9.17) is 4.74 Å². The number of hydrogen-bond donors (Lipinski definition) is 1. The maximum Gasteiger partial charge on any atom is 0.122 e. The Bertz CT molecular complexity index is 482. The van der Waals surface area contributed by atoms with Gasteiger partial charge in [-0.3, -0.25) is 4.90 Å². The fourth-order valence-electron chi connectivity index (χ4n) is 1.97. The zero-order chi connectivity index (χ0) is 13.5. The Kier molecular flexibility index (Phi) is 4.98. The molecule has 0 aliphatic carbocycles. The second kappa shape index (κ2) is 6.95. The van der Waals surface area contributed by atoms with Gasteiger partial charge in [0, 0.05) is 18.9 Å². The van der Waals surface area contributed by atoms with E-state index in [1.807, 2.05) is 18.3 Å². The molecule has 2 aromatic rings. The summed E-state index contributed by atoms with van der Waals surface area (Å²) in [6, 6.07) is 8.21. The van der Waals surface area contributed by atoms with E-state index >= 15 is 0 Å². The summed E-state index contributed by atoms with van der Waals surface area (Å²) in [4.78, 5) is 9.50. The minimum atomic E-state index is 0.689. The van der Waals surface area contributed by atoms with Crippen molar-refractivity contribution in [3.8, 4) is 5.75 Å². The molecule has 0 unspecified atom stereocenters. The van der Waals surface area contributed by atoms with Crippen LogP contribution in [0.4, 0.5) is 0 Å². The molecule has 0 aliphatic heterocycles. The first kappa shape index (κ1) is 13.6. The van der Waals surface area contributed by atoms with Crippen LogP contribution in [0.15, 0.2) is 36.7 Å². The molecule has 0 fully saturated rings. The Labute approximate surface area is 114 Å². The van der Waals surface area contributed by atoms with Gasteiger partial charge in [-0.05, 0) is 25.1 Å². The smallest absolute Gasteiger partial charge is 0.122 e. The number of ether oxygens (including phenoxy) is 1. The third-order valence-corrected chi connectivity index (χ3v) is 3.06. The predicted octanol–water partition coefficient (Wildman–Crippen LogP) is 2.48. The van der Waals surface area contributed by atoms with E-state index in [0.717, 1.165) is 31.1 Å². The minimum Gasteiger partial charge on any atom is -0.492 e. The van der Waals surface area contributed by atoms with Crippen LogP contribution < -0.4 is 4.74 Å². The normalized spacial score (nSPS) is 10.9. The van der Waals surface area contributed by atoms with Crippen molar-refractivity contribution >= 4 is 0 Å². The Morgan fingerprint density at radius 1 is 1.32 bits per heavy atom. The highest BCUT2D eigenvalue weighted by molar-refractivity contribution is 5.33. The molecule has 0 radical (unpaired) electrons. The Morgan fingerprint density at radius 3 is 2.89 bits per heavy atom. The van der Waals surface area contributed by atoms with E-state index in [-0.39, 0.29) is 0 Å². The lowest BCUT2D eigenvalue weighted by molar-refractivity contribution is 0.229. The van der Waals surface area contributed by atoms with Crippen LogP contribution in [0, 0.1) is 0 Å². The molecule has 1 aromatic carbocycles. The van der Waals surface area contributed by atoms with E-state index in [2.05, 4.69) is 41.0 Å². The molecule has 4 nitrogen and oxygen atoms in total. The van der Waals surface area contributed by atoms with Crippen LogP contribution >= 0.6 is 0 Å². The fourth-order valence-corrected chi connectivity index (χ4v) is 1.97. The number of aromatic amines is 1. The average Bonchev–Trinajstić information content (AvgIpc) is 2.92. The van der Waals surface area contributed by atoms with Crippen LogP contribution in [-0.4, -0.2) is 35.1 Å². The van der Waals surface area contributed by atoms with Crippen molar-refractivity contribution < 1.29 is 4.74 Å². The van der Waals surface area contributed by atoms with Gasteiger partial charge in [-0.25, -0.2) is 4.98 Å². The number of benzene rings is 1. The largest absolute Gasteiger partial charge is 0.492 e. The molecular formula is C15H21N3O. The molecular weight excluding hydrogens is 238 g/mol. The molecule has 2 rings (SSSR count). The van der Waals surface area contributed by atoms with Crippen molar-refractivity contribution in [2.24, 2.45) is 0 Å². The lowest BCUT2D eigenvalue weighted by Crippen LogP contribution is -2.24. The minimum absolute atomic E-state index is 0.689. The van der Waals surface area contributed by atoms with Crippen LogP contribution in [0.25, 0.3) is 0 Å². The number of hydrogen-bond acceptors (Lipinski definition) is 3. The number of H-pyrrole nitrogens is 1. The molecule has 0 amide bonds. The van der Waals surface area contributed by atoms with Crippen LogP contribution in [0.1, 0.15) is 18.3 Å². The average molecular weight is 259 g/mol. The number of para-hydroxylation sites is 1. The summed E-state index contributed by atoms with van der Waals surface area (Å²) < 4.78 is 5.85. The topological polar surface area (TPSA) is 41.1 Å². The van der Waals surface area contributed by atoms with Crippen LogP contribution in [0.2, 0.25) is 0 Å². The number of aromatic nitrogens is 2. The first-order valence-electron chi connectivity index (χ1n) is 6.67. The molecule has 0 saturated carbocycles. The van der Waals surface area contributed by atoms with Gasteiger partial charge in [0.05, 0.1) is 6.54 Å². The van der Waals surface area contributed by atoms with Crippen LogP contribution in [0.3, 0.4) is 0 Å². The molecule has 1 heterocycles. The van der Waals surface area contributed by atoms with Crippen molar-refractivity contribution in [3.63, 3.8) is 0 Å². The number of rotatable bonds is 7. The summed E-state index contributed by atoms with van der Waals surface area (Å²) in [5, 5.41) is 0. The predicted molar refractivity (Wildman–Crippen MR) is 76.2 cm³/mol. The summed E-state index contributed by atoms with van der Waals surface area (Å²) >= 11 is 0. The SMILES string of the molecule is CCc1ccccc1OCCN(C)Cc1ncc[nH]1.